The molecule has 0 bridgehead atoms. The predicted octanol–water partition coefficient (Wildman–Crippen LogP) is 6.08. The van der Waals surface area contributed by atoms with Gasteiger partial charge >= 0.3 is 5.97 Å². The van der Waals surface area contributed by atoms with Gasteiger partial charge in [-0.15, -0.1) is 0 Å². The Morgan fingerprint density at radius 2 is 1.71 bits per heavy atom. The molecule has 0 amide bonds. The molecule has 0 unspecified atom stereocenters. The van der Waals surface area contributed by atoms with Gasteiger partial charge in [0.15, 0.2) is 0 Å². The minimum absolute atomic E-state index is 0.389. The first-order valence-electron chi connectivity index (χ1n) is 7.69. The van der Waals surface area contributed by atoms with Crippen molar-refractivity contribution in [3.63, 3.8) is 0 Å². The zero-order valence-corrected chi connectivity index (χ0v) is 17.3. The van der Waals surface area contributed by atoms with Crippen LogP contribution in [0.25, 0.3) is 0 Å². The van der Waals surface area contributed by atoms with Crippen molar-refractivity contribution in [1.29, 1.82) is 0 Å². The summed E-state index contributed by atoms with van der Waals surface area (Å²) in [6.07, 6.45) is 0. The molecule has 0 aliphatic rings. The molecular weight excluding hydrogens is 436 g/mol. The quantitative estimate of drug-likeness (QED) is 0.404. The van der Waals surface area contributed by atoms with Crippen LogP contribution in [0, 0.1) is 19.8 Å². The fraction of sp³-hybridized carbons (Fsp3) is 0.316. The molecule has 0 spiro atoms. The van der Waals surface area contributed by atoms with E-state index in [0.717, 1.165) is 25.8 Å². The second-order valence-electron chi connectivity index (χ2n) is 6.11. The molecule has 0 saturated carbocycles. The van der Waals surface area contributed by atoms with Crippen molar-refractivity contribution >= 4 is 37.8 Å². The van der Waals surface area contributed by atoms with E-state index in [9.17, 15) is 4.79 Å². The lowest BCUT2D eigenvalue weighted by molar-refractivity contribution is 0.0732. The van der Waals surface area contributed by atoms with E-state index in [2.05, 4.69) is 45.7 Å². The smallest absolute Gasteiger partial charge is 0.343 e. The number of esters is 1. The lowest BCUT2D eigenvalue weighted by Crippen LogP contribution is -2.11. The van der Waals surface area contributed by atoms with E-state index in [1.807, 2.05) is 26.0 Å². The molecule has 0 saturated heterocycles. The largest absolute Gasteiger partial charge is 0.492 e. The first-order valence-corrected chi connectivity index (χ1v) is 9.27. The molecule has 0 heterocycles. The highest BCUT2D eigenvalue weighted by Gasteiger charge is 2.15. The molecule has 5 heteroatoms. The lowest BCUT2D eigenvalue weighted by Gasteiger charge is -2.13. The van der Waals surface area contributed by atoms with E-state index in [1.54, 1.807) is 18.2 Å². The summed E-state index contributed by atoms with van der Waals surface area (Å²) in [5.41, 5.74) is 2.29. The van der Waals surface area contributed by atoms with E-state index in [-0.39, 0.29) is 5.97 Å². The van der Waals surface area contributed by atoms with Crippen LogP contribution < -0.4 is 9.47 Å². The minimum Gasteiger partial charge on any atom is -0.492 e. The highest BCUT2D eigenvalue weighted by Crippen LogP contribution is 2.30. The Morgan fingerprint density at radius 3 is 2.25 bits per heavy atom. The Morgan fingerprint density at radius 1 is 1.08 bits per heavy atom. The third-order valence-corrected chi connectivity index (χ3v) is 4.44. The number of aryl methyl sites for hydroxylation is 2. The SMILES string of the molecule is Cc1cc(Br)cc(C)c1OC(=O)c1ccc(OCC(C)C)c(Br)c1. The highest BCUT2D eigenvalue weighted by atomic mass is 79.9. The van der Waals surface area contributed by atoms with Crippen molar-refractivity contribution in [2.45, 2.75) is 27.7 Å². The molecule has 2 aromatic rings. The summed E-state index contributed by atoms with van der Waals surface area (Å²) in [6, 6.07) is 9.07. The van der Waals surface area contributed by atoms with Crippen molar-refractivity contribution in [2.75, 3.05) is 6.61 Å². The van der Waals surface area contributed by atoms with E-state index in [0.29, 0.717) is 23.8 Å². The Labute approximate surface area is 159 Å². The van der Waals surface area contributed by atoms with Crippen LogP contribution >= 0.6 is 31.9 Å². The highest BCUT2D eigenvalue weighted by molar-refractivity contribution is 9.10. The molecule has 0 aromatic heterocycles. The van der Waals surface area contributed by atoms with E-state index in [1.165, 1.54) is 0 Å². The molecule has 0 N–H and O–H groups in total. The zero-order valence-electron chi connectivity index (χ0n) is 14.2. The van der Waals surface area contributed by atoms with Crippen molar-refractivity contribution in [1.82, 2.24) is 0 Å². The number of rotatable bonds is 5. The van der Waals surface area contributed by atoms with Crippen LogP contribution in [0.5, 0.6) is 11.5 Å². The summed E-state index contributed by atoms with van der Waals surface area (Å²) < 4.78 is 13.0. The van der Waals surface area contributed by atoms with Gasteiger partial charge in [-0.1, -0.05) is 29.8 Å². The predicted molar refractivity (Wildman–Crippen MR) is 103 cm³/mol. The Kier molecular flexibility index (Phi) is 6.47. The van der Waals surface area contributed by atoms with Gasteiger partial charge in [0.2, 0.25) is 0 Å². The van der Waals surface area contributed by atoms with Crippen LogP contribution in [0.3, 0.4) is 0 Å². The number of hydrogen-bond donors (Lipinski definition) is 0. The first-order chi connectivity index (χ1) is 11.3. The summed E-state index contributed by atoms with van der Waals surface area (Å²) in [6.45, 7) is 8.63. The van der Waals surface area contributed by atoms with Crippen LogP contribution in [0.4, 0.5) is 0 Å². The summed E-state index contributed by atoms with van der Waals surface area (Å²) in [7, 11) is 0. The fourth-order valence-electron chi connectivity index (χ4n) is 2.21. The van der Waals surface area contributed by atoms with Crippen LogP contribution in [0.1, 0.15) is 35.3 Å². The maximum atomic E-state index is 12.4. The van der Waals surface area contributed by atoms with E-state index in [4.69, 9.17) is 9.47 Å². The molecule has 24 heavy (non-hydrogen) atoms. The summed E-state index contributed by atoms with van der Waals surface area (Å²) in [4.78, 5) is 12.4. The summed E-state index contributed by atoms with van der Waals surface area (Å²) in [5, 5.41) is 0. The zero-order chi connectivity index (χ0) is 17.9. The second-order valence-corrected chi connectivity index (χ2v) is 7.88. The molecule has 3 nitrogen and oxygen atoms in total. The van der Waals surface area contributed by atoms with Crippen LogP contribution in [0.2, 0.25) is 0 Å². The van der Waals surface area contributed by atoms with Crippen LogP contribution in [-0.2, 0) is 0 Å². The second kappa shape index (κ2) is 8.17. The molecule has 0 atom stereocenters. The maximum Gasteiger partial charge on any atom is 0.343 e. The lowest BCUT2D eigenvalue weighted by atomic mass is 10.1. The minimum atomic E-state index is -0.389. The molecule has 0 radical (unpaired) electrons. The molecule has 0 aliphatic carbocycles. The molecule has 128 valence electrons. The average Bonchev–Trinajstić information content (AvgIpc) is 2.49. The van der Waals surface area contributed by atoms with Gasteiger partial charge in [0.25, 0.3) is 0 Å². The maximum absolute atomic E-state index is 12.4. The molecule has 0 aliphatic heterocycles. The Balaban J connectivity index is 2.17. The standard InChI is InChI=1S/C19H20Br2O3/c1-11(2)10-23-17-6-5-14(9-16(17)21)19(22)24-18-12(3)7-15(20)8-13(18)4/h5-9,11H,10H2,1-4H3. The van der Waals surface area contributed by atoms with Crippen LogP contribution in [0.15, 0.2) is 39.3 Å². The number of carbonyl (C=O) groups is 1. The van der Waals surface area contributed by atoms with Gasteiger partial charge in [-0.05, 0) is 77.2 Å². The summed E-state index contributed by atoms with van der Waals surface area (Å²) >= 11 is 6.89. The van der Waals surface area contributed by atoms with Crippen LogP contribution in [-0.4, -0.2) is 12.6 Å². The average molecular weight is 456 g/mol. The normalized spacial score (nSPS) is 10.8. The van der Waals surface area contributed by atoms with Crippen molar-refractivity contribution in [2.24, 2.45) is 5.92 Å². The third kappa shape index (κ3) is 4.84. The Hall–Kier alpha value is -1.33. The van der Waals surface area contributed by atoms with Gasteiger partial charge in [0.1, 0.15) is 11.5 Å². The van der Waals surface area contributed by atoms with Gasteiger partial charge in [0, 0.05) is 4.47 Å². The topological polar surface area (TPSA) is 35.5 Å². The van der Waals surface area contributed by atoms with Gasteiger partial charge in [-0.2, -0.15) is 0 Å². The molecule has 0 fully saturated rings. The molecular formula is C19H20Br2O3. The number of carbonyl (C=O) groups excluding carboxylic acids is 1. The van der Waals surface area contributed by atoms with E-state index < -0.39 is 0 Å². The fourth-order valence-corrected chi connectivity index (χ4v) is 3.39. The third-order valence-electron chi connectivity index (χ3n) is 3.36. The number of hydrogen-bond acceptors (Lipinski definition) is 3. The molecule has 2 rings (SSSR count). The Bertz CT molecular complexity index is 731. The van der Waals surface area contributed by atoms with Crippen molar-refractivity contribution in [3.8, 4) is 11.5 Å². The number of benzene rings is 2. The van der Waals surface area contributed by atoms with Gasteiger partial charge in [-0.25, -0.2) is 4.79 Å². The van der Waals surface area contributed by atoms with E-state index >= 15 is 0 Å². The van der Waals surface area contributed by atoms with Crippen molar-refractivity contribution in [3.05, 3.63) is 56.0 Å². The monoisotopic (exact) mass is 454 g/mol. The van der Waals surface area contributed by atoms with Gasteiger partial charge < -0.3 is 9.47 Å². The number of ether oxygens (including phenoxy) is 2. The summed E-state index contributed by atoms with van der Waals surface area (Å²) in [5.74, 6) is 1.36. The first kappa shape index (κ1) is 19.0. The molecule has 2 aromatic carbocycles. The van der Waals surface area contributed by atoms with Gasteiger partial charge in [0.05, 0.1) is 16.6 Å². The van der Waals surface area contributed by atoms with Gasteiger partial charge in [-0.3, -0.25) is 0 Å². The van der Waals surface area contributed by atoms with Crippen molar-refractivity contribution < 1.29 is 14.3 Å². The number of halogens is 2.